The van der Waals surface area contributed by atoms with Gasteiger partial charge < -0.3 is 5.73 Å². The second-order valence-electron chi connectivity index (χ2n) is 4.56. The molecule has 0 bridgehead atoms. The van der Waals surface area contributed by atoms with Crippen LogP contribution in [0.25, 0.3) is 22.4 Å². The van der Waals surface area contributed by atoms with Gasteiger partial charge in [0.2, 0.25) is 0 Å². The average molecular weight is 285 g/mol. The van der Waals surface area contributed by atoms with Crippen LogP contribution in [0.1, 0.15) is 5.56 Å². The molecule has 0 saturated carbocycles. The number of pyridine rings is 1. The molecule has 0 amide bonds. The highest BCUT2D eigenvalue weighted by Crippen LogP contribution is 2.35. The Hall–Kier alpha value is -2.33. The number of benzene rings is 1. The van der Waals surface area contributed by atoms with Crippen molar-refractivity contribution < 1.29 is 0 Å². The molecular weight excluding hydrogens is 272 g/mol. The minimum absolute atomic E-state index is 0.449. The van der Waals surface area contributed by atoms with E-state index in [9.17, 15) is 0 Å². The highest BCUT2D eigenvalue weighted by molar-refractivity contribution is 6.31. The number of aromatic nitrogens is 3. The molecule has 3 N–H and O–H groups in total. The predicted octanol–water partition coefficient (Wildman–Crippen LogP) is 3.68. The molecule has 2 aromatic heterocycles. The zero-order chi connectivity index (χ0) is 14.1. The molecule has 2 heterocycles. The number of anilines is 1. The number of nitrogens with two attached hydrogens (primary N) is 1. The van der Waals surface area contributed by atoms with Crippen molar-refractivity contribution in [3.05, 3.63) is 53.3 Å². The summed E-state index contributed by atoms with van der Waals surface area (Å²) in [5.41, 5.74) is 10.6. The molecule has 1 aromatic carbocycles. The van der Waals surface area contributed by atoms with Crippen molar-refractivity contribution in [2.45, 2.75) is 6.92 Å². The summed E-state index contributed by atoms with van der Waals surface area (Å²) in [6.45, 7) is 1.97. The number of nitrogens with one attached hydrogen (secondary N) is 1. The van der Waals surface area contributed by atoms with Gasteiger partial charge in [0.25, 0.3) is 0 Å². The summed E-state index contributed by atoms with van der Waals surface area (Å²) in [6, 6.07) is 9.70. The van der Waals surface area contributed by atoms with Crippen LogP contribution in [0.4, 0.5) is 5.82 Å². The quantitative estimate of drug-likeness (QED) is 0.754. The summed E-state index contributed by atoms with van der Waals surface area (Å²) in [5, 5.41) is 7.79. The molecule has 0 atom stereocenters. The lowest BCUT2D eigenvalue weighted by molar-refractivity contribution is 1.10. The third-order valence-corrected chi connectivity index (χ3v) is 3.61. The van der Waals surface area contributed by atoms with Crippen molar-refractivity contribution in [1.82, 2.24) is 15.2 Å². The van der Waals surface area contributed by atoms with E-state index < -0.39 is 0 Å². The minimum atomic E-state index is 0.449. The van der Waals surface area contributed by atoms with Gasteiger partial charge in [0, 0.05) is 28.5 Å². The molecule has 0 unspecified atom stereocenters. The first-order valence-corrected chi connectivity index (χ1v) is 6.55. The van der Waals surface area contributed by atoms with Gasteiger partial charge in [-0.1, -0.05) is 29.8 Å². The SMILES string of the molecule is Cc1ccc(-c2[nH]nc(N)c2-c2cccnc2)cc1Cl. The van der Waals surface area contributed by atoms with Crippen LogP contribution in [0.2, 0.25) is 5.02 Å². The van der Waals surface area contributed by atoms with Gasteiger partial charge in [-0.05, 0) is 24.6 Å². The predicted molar refractivity (Wildman–Crippen MR) is 81.4 cm³/mol. The van der Waals surface area contributed by atoms with Gasteiger partial charge in [0.1, 0.15) is 0 Å². The van der Waals surface area contributed by atoms with Crippen molar-refractivity contribution in [2.24, 2.45) is 0 Å². The summed E-state index contributed by atoms with van der Waals surface area (Å²) in [4.78, 5) is 4.12. The molecule has 3 aromatic rings. The van der Waals surface area contributed by atoms with E-state index in [0.717, 1.165) is 27.9 Å². The molecule has 0 radical (unpaired) electrons. The molecule has 0 spiro atoms. The van der Waals surface area contributed by atoms with Gasteiger partial charge in [0.05, 0.1) is 11.3 Å². The molecule has 0 saturated heterocycles. The summed E-state index contributed by atoms with van der Waals surface area (Å²) < 4.78 is 0. The molecule has 5 heteroatoms. The molecule has 0 aliphatic carbocycles. The number of nitrogen functional groups attached to an aromatic ring is 1. The smallest absolute Gasteiger partial charge is 0.153 e. The summed E-state index contributed by atoms with van der Waals surface area (Å²) >= 11 is 6.19. The van der Waals surface area contributed by atoms with Gasteiger partial charge in [-0.3, -0.25) is 10.1 Å². The van der Waals surface area contributed by atoms with Crippen LogP contribution in [0, 0.1) is 6.92 Å². The first-order valence-electron chi connectivity index (χ1n) is 6.17. The van der Waals surface area contributed by atoms with Crippen molar-refractivity contribution in [1.29, 1.82) is 0 Å². The Morgan fingerprint density at radius 2 is 2.05 bits per heavy atom. The van der Waals surface area contributed by atoms with Crippen LogP contribution in [0.3, 0.4) is 0 Å². The van der Waals surface area contributed by atoms with Gasteiger partial charge >= 0.3 is 0 Å². The van der Waals surface area contributed by atoms with E-state index in [0.29, 0.717) is 10.8 Å². The van der Waals surface area contributed by atoms with E-state index in [-0.39, 0.29) is 0 Å². The van der Waals surface area contributed by atoms with Crippen molar-refractivity contribution in [2.75, 3.05) is 5.73 Å². The molecular formula is C15H13ClN4. The Labute approximate surface area is 121 Å². The second kappa shape index (κ2) is 4.98. The maximum atomic E-state index is 6.19. The van der Waals surface area contributed by atoms with E-state index in [1.807, 2.05) is 37.3 Å². The lowest BCUT2D eigenvalue weighted by Crippen LogP contribution is -1.89. The van der Waals surface area contributed by atoms with Crippen LogP contribution < -0.4 is 5.73 Å². The second-order valence-corrected chi connectivity index (χ2v) is 4.97. The normalized spacial score (nSPS) is 10.7. The monoisotopic (exact) mass is 284 g/mol. The fourth-order valence-corrected chi connectivity index (χ4v) is 2.30. The lowest BCUT2D eigenvalue weighted by atomic mass is 10.0. The zero-order valence-electron chi connectivity index (χ0n) is 10.9. The third-order valence-electron chi connectivity index (χ3n) is 3.21. The van der Waals surface area contributed by atoms with Crippen molar-refractivity contribution >= 4 is 17.4 Å². The Bertz CT molecular complexity index is 750. The molecule has 0 fully saturated rings. The molecule has 20 heavy (non-hydrogen) atoms. The standard InChI is InChI=1S/C15H13ClN4/c1-9-4-5-10(7-12(9)16)14-13(15(17)20-19-14)11-3-2-6-18-8-11/h2-8H,1H3,(H3,17,19,20). The van der Waals surface area contributed by atoms with Gasteiger partial charge in [-0.15, -0.1) is 0 Å². The number of halogens is 1. The number of aryl methyl sites for hydroxylation is 1. The number of nitrogens with zero attached hydrogens (tertiary/aromatic N) is 2. The van der Waals surface area contributed by atoms with E-state index in [1.54, 1.807) is 12.4 Å². The highest BCUT2D eigenvalue weighted by atomic mass is 35.5. The first kappa shape index (κ1) is 12.7. The number of aromatic amines is 1. The highest BCUT2D eigenvalue weighted by Gasteiger charge is 2.15. The number of H-pyrrole nitrogens is 1. The van der Waals surface area contributed by atoms with E-state index in [2.05, 4.69) is 15.2 Å². The van der Waals surface area contributed by atoms with E-state index >= 15 is 0 Å². The average Bonchev–Trinajstić information content (AvgIpc) is 2.85. The topological polar surface area (TPSA) is 67.6 Å². The molecule has 4 nitrogen and oxygen atoms in total. The van der Waals surface area contributed by atoms with Crippen LogP contribution >= 0.6 is 11.6 Å². The zero-order valence-corrected chi connectivity index (χ0v) is 11.6. The van der Waals surface area contributed by atoms with E-state index in [1.165, 1.54) is 0 Å². The van der Waals surface area contributed by atoms with E-state index in [4.69, 9.17) is 17.3 Å². The minimum Gasteiger partial charge on any atom is -0.382 e. The van der Waals surface area contributed by atoms with Crippen LogP contribution in [-0.4, -0.2) is 15.2 Å². The molecule has 3 rings (SSSR count). The largest absolute Gasteiger partial charge is 0.382 e. The lowest BCUT2D eigenvalue weighted by Gasteiger charge is -2.06. The summed E-state index contributed by atoms with van der Waals surface area (Å²) in [7, 11) is 0. The maximum Gasteiger partial charge on any atom is 0.153 e. The van der Waals surface area contributed by atoms with Gasteiger partial charge in [-0.2, -0.15) is 5.10 Å². The number of hydrogen-bond donors (Lipinski definition) is 2. The summed E-state index contributed by atoms with van der Waals surface area (Å²) in [5.74, 6) is 0.449. The van der Waals surface area contributed by atoms with Gasteiger partial charge in [0.15, 0.2) is 5.82 Å². The first-order chi connectivity index (χ1) is 9.66. The van der Waals surface area contributed by atoms with Crippen LogP contribution in [0.15, 0.2) is 42.7 Å². The number of hydrogen-bond acceptors (Lipinski definition) is 3. The Morgan fingerprint density at radius 3 is 2.75 bits per heavy atom. The Morgan fingerprint density at radius 1 is 1.20 bits per heavy atom. The number of rotatable bonds is 2. The molecule has 0 aliphatic rings. The van der Waals surface area contributed by atoms with Crippen LogP contribution in [-0.2, 0) is 0 Å². The molecule has 100 valence electrons. The van der Waals surface area contributed by atoms with Gasteiger partial charge in [-0.25, -0.2) is 0 Å². The van der Waals surface area contributed by atoms with Crippen molar-refractivity contribution in [3.8, 4) is 22.4 Å². The Kier molecular flexibility index (Phi) is 3.16. The Balaban J connectivity index is 2.18. The third kappa shape index (κ3) is 2.14. The fraction of sp³-hybridized carbons (Fsp3) is 0.0667. The summed E-state index contributed by atoms with van der Waals surface area (Å²) in [6.07, 6.45) is 3.49. The maximum absolute atomic E-state index is 6.19. The van der Waals surface area contributed by atoms with Crippen molar-refractivity contribution in [3.63, 3.8) is 0 Å². The fourth-order valence-electron chi connectivity index (χ4n) is 2.12. The van der Waals surface area contributed by atoms with Crippen LogP contribution in [0.5, 0.6) is 0 Å². The molecule has 0 aliphatic heterocycles.